The normalized spacial score (nSPS) is 10.8. The molecule has 6 heteroatoms. The first-order valence-corrected chi connectivity index (χ1v) is 7.82. The zero-order chi connectivity index (χ0) is 14.8. The zero-order valence-corrected chi connectivity index (χ0v) is 13.1. The minimum absolute atomic E-state index is 0.0376. The summed E-state index contributed by atoms with van der Waals surface area (Å²) in [5, 5.41) is 2.80. The summed E-state index contributed by atoms with van der Waals surface area (Å²) in [5.74, 6) is 0.753. The van der Waals surface area contributed by atoms with Crippen molar-refractivity contribution in [3.63, 3.8) is 0 Å². The van der Waals surface area contributed by atoms with Crippen LogP contribution in [0.5, 0.6) is 0 Å². The van der Waals surface area contributed by atoms with Crippen LogP contribution in [0, 0.1) is 0 Å². The number of halogens is 2. The molecule has 0 fully saturated rings. The fourth-order valence-electron chi connectivity index (χ4n) is 1.98. The average molecular weight is 337 g/mol. The predicted molar refractivity (Wildman–Crippen MR) is 86.3 cm³/mol. The van der Waals surface area contributed by atoms with Crippen molar-refractivity contribution in [1.82, 2.24) is 9.55 Å². The number of nitrogens with zero attached hydrogens (tertiary/aromatic N) is 2. The Labute approximate surface area is 135 Å². The van der Waals surface area contributed by atoms with E-state index in [-0.39, 0.29) is 12.3 Å². The minimum Gasteiger partial charge on any atom is -0.323 e. The highest BCUT2D eigenvalue weighted by atomic mass is 35.5. The van der Waals surface area contributed by atoms with Crippen LogP contribution in [0.1, 0.15) is 10.4 Å². The van der Waals surface area contributed by atoms with Crippen LogP contribution in [0.2, 0.25) is 10.0 Å². The van der Waals surface area contributed by atoms with Crippen molar-refractivity contribution < 1.29 is 4.79 Å². The highest BCUT2D eigenvalue weighted by Crippen LogP contribution is 2.25. The average Bonchev–Trinajstić information content (AvgIpc) is 3.12. The SMILES string of the molecule is O=C(Cn1ccnc1-c1cccs1)c1ccc(Cl)c(Cl)c1. The number of carbonyl (C=O) groups excluding carboxylic acids is 1. The molecule has 0 aliphatic carbocycles. The molecule has 0 unspecified atom stereocenters. The largest absolute Gasteiger partial charge is 0.323 e. The molecule has 0 amide bonds. The Morgan fingerprint density at radius 1 is 1.24 bits per heavy atom. The molecular formula is C15H10Cl2N2OS. The van der Waals surface area contributed by atoms with Gasteiger partial charge in [-0.25, -0.2) is 4.98 Å². The molecule has 0 atom stereocenters. The molecule has 0 aliphatic rings. The van der Waals surface area contributed by atoms with E-state index in [0.29, 0.717) is 15.6 Å². The van der Waals surface area contributed by atoms with Gasteiger partial charge in [-0.15, -0.1) is 11.3 Å². The first kappa shape index (κ1) is 14.3. The number of Topliss-reactive ketones (excluding diaryl/α,β-unsaturated/α-hetero) is 1. The van der Waals surface area contributed by atoms with Crippen molar-refractivity contribution >= 4 is 40.3 Å². The second kappa shape index (κ2) is 6.02. The third-order valence-corrected chi connectivity index (χ3v) is 4.62. The first-order chi connectivity index (χ1) is 10.1. The van der Waals surface area contributed by atoms with Gasteiger partial charge in [0.15, 0.2) is 5.78 Å². The Morgan fingerprint density at radius 3 is 2.81 bits per heavy atom. The molecule has 0 spiro atoms. The van der Waals surface area contributed by atoms with E-state index in [1.807, 2.05) is 22.1 Å². The maximum absolute atomic E-state index is 12.4. The summed E-state index contributed by atoms with van der Waals surface area (Å²) in [7, 11) is 0. The smallest absolute Gasteiger partial charge is 0.182 e. The van der Waals surface area contributed by atoms with E-state index in [1.165, 1.54) is 0 Å². The molecule has 106 valence electrons. The fraction of sp³-hybridized carbons (Fsp3) is 0.0667. The number of ketones is 1. The van der Waals surface area contributed by atoms with Crippen LogP contribution in [0.4, 0.5) is 0 Å². The molecule has 0 saturated heterocycles. The van der Waals surface area contributed by atoms with Gasteiger partial charge in [0, 0.05) is 18.0 Å². The molecule has 2 aromatic heterocycles. The van der Waals surface area contributed by atoms with Crippen molar-refractivity contribution in [3.05, 3.63) is 63.7 Å². The van der Waals surface area contributed by atoms with Crippen molar-refractivity contribution in [2.45, 2.75) is 6.54 Å². The summed E-state index contributed by atoms with van der Waals surface area (Å²) in [5.41, 5.74) is 0.537. The monoisotopic (exact) mass is 336 g/mol. The van der Waals surface area contributed by atoms with Crippen molar-refractivity contribution in [2.75, 3.05) is 0 Å². The summed E-state index contributed by atoms with van der Waals surface area (Å²) < 4.78 is 1.83. The standard InChI is InChI=1S/C15H10Cl2N2OS/c16-11-4-3-10(8-12(11)17)13(20)9-19-6-5-18-15(19)14-2-1-7-21-14/h1-8H,9H2. The summed E-state index contributed by atoms with van der Waals surface area (Å²) in [6, 6.07) is 8.84. The molecule has 21 heavy (non-hydrogen) atoms. The van der Waals surface area contributed by atoms with Crippen LogP contribution in [-0.4, -0.2) is 15.3 Å². The second-order valence-corrected chi connectivity index (χ2v) is 6.17. The third kappa shape index (κ3) is 3.02. The molecule has 3 aromatic rings. The van der Waals surface area contributed by atoms with E-state index >= 15 is 0 Å². The van der Waals surface area contributed by atoms with Crippen molar-refractivity contribution in [1.29, 1.82) is 0 Å². The van der Waals surface area contributed by atoms with Crippen LogP contribution >= 0.6 is 34.5 Å². The Kier molecular flexibility index (Phi) is 4.10. The Balaban J connectivity index is 1.85. The lowest BCUT2D eigenvalue weighted by Gasteiger charge is -2.07. The fourth-order valence-corrected chi connectivity index (χ4v) is 3.02. The van der Waals surface area contributed by atoms with E-state index in [0.717, 1.165) is 10.7 Å². The third-order valence-electron chi connectivity index (χ3n) is 3.01. The highest BCUT2D eigenvalue weighted by molar-refractivity contribution is 7.13. The lowest BCUT2D eigenvalue weighted by atomic mass is 10.1. The molecule has 1 aromatic carbocycles. The van der Waals surface area contributed by atoms with Gasteiger partial charge in [0.1, 0.15) is 5.82 Å². The Hall–Kier alpha value is -1.62. The zero-order valence-electron chi connectivity index (χ0n) is 10.8. The quantitative estimate of drug-likeness (QED) is 0.641. The number of hydrogen-bond donors (Lipinski definition) is 0. The second-order valence-electron chi connectivity index (χ2n) is 4.41. The molecule has 0 aliphatic heterocycles. The number of imidazole rings is 1. The number of rotatable bonds is 4. The van der Waals surface area contributed by atoms with Gasteiger partial charge in [-0.05, 0) is 29.6 Å². The Morgan fingerprint density at radius 2 is 2.10 bits per heavy atom. The summed E-state index contributed by atoms with van der Waals surface area (Å²) >= 11 is 13.4. The van der Waals surface area contributed by atoms with Gasteiger partial charge in [0.05, 0.1) is 21.5 Å². The first-order valence-electron chi connectivity index (χ1n) is 6.18. The maximum atomic E-state index is 12.4. The number of benzene rings is 1. The van der Waals surface area contributed by atoms with Gasteiger partial charge in [0.2, 0.25) is 0 Å². The van der Waals surface area contributed by atoms with Crippen molar-refractivity contribution in [2.24, 2.45) is 0 Å². The van der Waals surface area contributed by atoms with Gasteiger partial charge in [-0.3, -0.25) is 4.79 Å². The predicted octanol–water partition coefficient (Wildman–Crippen LogP) is 4.80. The summed E-state index contributed by atoms with van der Waals surface area (Å²) in [6.07, 6.45) is 3.49. The van der Waals surface area contributed by atoms with E-state index in [9.17, 15) is 4.79 Å². The Bertz CT molecular complexity index is 781. The lowest BCUT2D eigenvalue weighted by molar-refractivity contribution is 0.0972. The minimum atomic E-state index is -0.0376. The molecule has 3 rings (SSSR count). The summed E-state index contributed by atoms with van der Waals surface area (Å²) in [4.78, 5) is 17.7. The van der Waals surface area contributed by atoms with Gasteiger partial charge < -0.3 is 4.57 Å². The molecular weight excluding hydrogens is 327 g/mol. The van der Waals surface area contributed by atoms with E-state index in [2.05, 4.69) is 4.98 Å². The molecule has 0 radical (unpaired) electrons. The van der Waals surface area contributed by atoms with Crippen LogP contribution in [0.15, 0.2) is 48.1 Å². The molecule has 3 nitrogen and oxygen atoms in total. The van der Waals surface area contributed by atoms with E-state index in [4.69, 9.17) is 23.2 Å². The molecule has 0 bridgehead atoms. The highest BCUT2D eigenvalue weighted by Gasteiger charge is 2.13. The number of hydrogen-bond acceptors (Lipinski definition) is 3. The summed E-state index contributed by atoms with van der Waals surface area (Å²) in [6.45, 7) is 0.213. The number of thiophene rings is 1. The molecule has 0 saturated carbocycles. The van der Waals surface area contributed by atoms with Crippen LogP contribution in [0.3, 0.4) is 0 Å². The van der Waals surface area contributed by atoms with Crippen LogP contribution in [-0.2, 0) is 6.54 Å². The lowest BCUT2D eigenvalue weighted by Crippen LogP contribution is -2.10. The van der Waals surface area contributed by atoms with E-state index in [1.54, 1.807) is 41.9 Å². The van der Waals surface area contributed by atoms with E-state index < -0.39 is 0 Å². The maximum Gasteiger partial charge on any atom is 0.182 e. The topological polar surface area (TPSA) is 34.9 Å². The molecule has 0 N–H and O–H groups in total. The van der Waals surface area contributed by atoms with Crippen LogP contribution < -0.4 is 0 Å². The van der Waals surface area contributed by atoms with Gasteiger partial charge >= 0.3 is 0 Å². The number of aromatic nitrogens is 2. The van der Waals surface area contributed by atoms with Gasteiger partial charge in [-0.2, -0.15) is 0 Å². The van der Waals surface area contributed by atoms with Gasteiger partial charge in [-0.1, -0.05) is 29.3 Å². The van der Waals surface area contributed by atoms with Crippen molar-refractivity contribution in [3.8, 4) is 10.7 Å². The number of carbonyl (C=O) groups is 1. The molecule has 2 heterocycles. The van der Waals surface area contributed by atoms with Crippen LogP contribution in [0.25, 0.3) is 10.7 Å². The van der Waals surface area contributed by atoms with Gasteiger partial charge in [0.25, 0.3) is 0 Å².